The molecule has 2 fully saturated rings. The minimum absolute atomic E-state index is 0.0227. The van der Waals surface area contributed by atoms with Crippen LogP contribution in [-0.4, -0.2) is 60.7 Å². The van der Waals surface area contributed by atoms with Crippen molar-refractivity contribution in [1.29, 1.82) is 5.26 Å². The number of halogens is 1. The first-order chi connectivity index (χ1) is 13.1. The number of alkyl halides is 1. The van der Waals surface area contributed by atoms with Gasteiger partial charge in [-0.2, -0.15) is 10.2 Å². The van der Waals surface area contributed by atoms with Gasteiger partial charge in [-0.1, -0.05) is 12.1 Å². The van der Waals surface area contributed by atoms with Gasteiger partial charge in [0.1, 0.15) is 11.7 Å². The minimum atomic E-state index is -1.24. The molecule has 0 bridgehead atoms. The standard InChI is InChI=1S/C19H22FN5O2/c20-15-12-25(11-13(15)9-21)18(26)10-22-14-5-7-24(8-6-14)19-23-16-3-1-2-4-17(16)27-19/h1-4,13-15,22H,5-8,10-12H2/t13-,15+/m1/s1. The van der Waals surface area contributed by atoms with Gasteiger partial charge in [-0.25, -0.2) is 4.39 Å². The number of fused-ring (bicyclic) bond motifs is 1. The predicted molar refractivity (Wildman–Crippen MR) is 97.8 cm³/mol. The second-order valence-corrected chi connectivity index (χ2v) is 7.16. The van der Waals surface area contributed by atoms with Crippen LogP contribution in [-0.2, 0) is 4.79 Å². The Morgan fingerprint density at radius 2 is 2.11 bits per heavy atom. The maximum absolute atomic E-state index is 13.6. The number of benzene rings is 1. The van der Waals surface area contributed by atoms with Crippen molar-refractivity contribution in [3.05, 3.63) is 24.3 Å². The minimum Gasteiger partial charge on any atom is -0.423 e. The van der Waals surface area contributed by atoms with Crippen LogP contribution in [0.4, 0.5) is 10.4 Å². The van der Waals surface area contributed by atoms with Crippen molar-refractivity contribution in [2.75, 3.05) is 37.6 Å². The maximum Gasteiger partial charge on any atom is 0.298 e. The SMILES string of the molecule is N#C[C@@H]1CN(C(=O)CNC2CCN(c3nc4ccccc4o3)CC2)C[C@@H]1F. The van der Waals surface area contributed by atoms with Gasteiger partial charge in [0, 0.05) is 25.7 Å². The molecular weight excluding hydrogens is 349 g/mol. The first kappa shape index (κ1) is 17.7. The van der Waals surface area contributed by atoms with Crippen molar-refractivity contribution in [2.24, 2.45) is 5.92 Å². The third kappa shape index (κ3) is 3.74. The summed E-state index contributed by atoms with van der Waals surface area (Å²) in [6.07, 6.45) is 0.510. The quantitative estimate of drug-likeness (QED) is 0.881. The van der Waals surface area contributed by atoms with E-state index in [4.69, 9.17) is 9.68 Å². The van der Waals surface area contributed by atoms with E-state index in [9.17, 15) is 9.18 Å². The molecule has 2 aliphatic heterocycles. The topological polar surface area (TPSA) is 85.4 Å². The first-order valence-electron chi connectivity index (χ1n) is 9.29. The van der Waals surface area contributed by atoms with Gasteiger partial charge in [-0.05, 0) is 25.0 Å². The molecule has 2 aromatic rings. The number of hydrogen-bond donors (Lipinski definition) is 1. The number of rotatable bonds is 4. The molecule has 142 valence electrons. The Morgan fingerprint density at radius 1 is 1.33 bits per heavy atom. The van der Waals surface area contributed by atoms with Gasteiger partial charge >= 0.3 is 0 Å². The van der Waals surface area contributed by atoms with Crippen LogP contribution in [0.1, 0.15) is 12.8 Å². The summed E-state index contributed by atoms with van der Waals surface area (Å²) in [4.78, 5) is 20.3. The van der Waals surface area contributed by atoms with E-state index in [0.29, 0.717) is 6.01 Å². The molecular formula is C19H22FN5O2. The Hall–Kier alpha value is -2.66. The van der Waals surface area contributed by atoms with Crippen molar-refractivity contribution < 1.29 is 13.6 Å². The summed E-state index contributed by atoms with van der Waals surface area (Å²) in [5.74, 6) is -0.842. The van der Waals surface area contributed by atoms with Crippen molar-refractivity contribution >= 4 is 23.0 Å². The van der Waals surface area contributed by atoms with E-state index < -0.39 is 12.1 Å². The molecule has 27 heavy (non-hydrogen) atoms. The van der Waals surface area contributed by atoms with E-state index in [0.717, 1.165) is 37.0 Å². The molecule has 0 spiro atoms. The van der Waals surface area contributed by atoms with Gasteiger partial charge < -0.3 is 19.5 Å². The Balaban J connectivity index is 1.25. The molecule has 2 atom stereocenters. The van der Waals surface area contributed by atoms with Gasteiger partial charge in [0.25, 0.3) is 6.01 Å². The molecule has 1 aromatic carbocycles. The number of aromatic nitrogens is 1. The predicted octanol–water partition coefficient (Wildman–Crippen LogP) is 1.71. The highest BCUT2D eigenvalue weighted by Gasteiger charge is 2.35. The fourth-order valence-electron chi connectivity index (χ4n) is 3.70. The zero-order valence-electron chi connectivity index (χ0n) is 15.0. The van der Waals surface area contributed by atoms with Crippen LogP contribution in [0.2, 0.25) is 0 Å². The van der Waals surface area contributed by atoms with Gasteiger partial charge in [0.05, 0.1) is 25.1 Å². The summed E-state index contributed by atoms with van der Waals surface area (Å²) < 4.78 is 19.4. The fourth-order valence-corrected chi connectivity index (χ4v) is 3.70. The molecule has 1 N–H and O–H groups in total. The lowest BCUT2D eigenvalue weighted by atomic mass is 10.1. The van der Waals surface area contributed by atoms with E-state index in [2.05, 4.69) is 15.2 Å². The second-order valence-electron chi connectivity index (χ2n) is 7.16. The molecule has 0 saturated carbocycles. The second kappa shape index (κ2) is 7.53. The van der Waals surface area contributed by atoms with Gasteiger partial charge in [0.2, 0.25) is 5.91 Å². The normalized spacial score (nSPS) is 23.7. The molecule has 0 unspecified atom stereocenters. The van der Waals surface area contributed by atoms with Crippen LogP contribution in [0.15, 0.2) is 28.7 Å². The lowest BCUT2D eigenvalue weighted by molar-refractivity contribution is -0.129. The van der Waals surface area contributed by atoms with E-state index in [1.165, 1.54) is 4.90 Å². The molecule has 1 amide bonds. The number of carbonyl (C=O) groups is 1. The van der Waals surface area contributed by atoms with Crippen molar-refractivity contribution in [3.8, 4) is 6.07 Å². The number of amides is 1. The Morgan fingerprint density at radius 3 is 2.81 bits per heavy atom. The maximum atomic E-state index is 13.6. The first-order valence-corrected chi connectivity index (χ1v) is 9.29. The van der Waals surface area contributed by atoms with E-state index in [-0.39, 0.29) is 31.6 Å². The number of nitriles is 1. The van der Waals surface area contributed by atoms with Crippen LogP contribution < -0.4 is 10.2 Å². The third-order valence-electron chi connectivity index (χ3n) is 5.36. The zero-order valence-corrected chi connectivity index (χ0v) is 15.0. The average Bonchev–Trinajstić information content (AvgIpc) is 3.29. The number of nitrogens with zero attached hydrogens (tertiary/aromatic N) is 4. The summed E-state index contributed by atoms with van der Waals surface area (Å²) >= 11 is 0. The molecule has 4 rings (SSSR count). The number of nitrogens with one attached hydrogen (secondary N) is 1. The Kier molecular flexibility index (Phi) is 4.94. The van der Waals surface area contributed by atoms with Gasteiger partial charge in [-0.3, -0.25) is 4.79 Å². The van der Waals surface area contributed by atoms with E-state index in [1.54, 1.807) is 0 Å². The van der Waals surface area contributed by atoms with E-state index >= 15 is 0 Å². The number of oxazole rings is 1. The molecule has 0 radical (unpaired) electrons. The highest BCUT2D eigenvalue weighted by Crippen LogP contribution is 2.24. The van der Waals surface area contributed by atoms with Crippen molar-refractivity contribution in [1.82, 2.24) is 15.2 Å². The number of anilines is 1. The van der Waals surface area contributed by atoms with Crippen LogP contribution in [0, 0.1) is 17.2 Å². The average molecular weight is 371 g/mol. The molecule has 7 nitrogen and oxygen atoms in total. The smallest absolute Gasteiger partial charge is 0.298 e. The van der Waals surface area contributed by atoms with Crippen LogP contribution in [0.25, 0.3) is 11.1 Å². The fraction of sp³-hybridized carbons (Fsp3) is 0.526. The highest BCUT2D eigenvalue weighted by atomic mass is 19.1. The van der Waals surface area contributed by atoms with Gasteiger partial charge in [-0.15, -0.1) is 0 Å². The lowest BCUT2D eigenvalue weighted by Gasteiger charge is -2.31. The highest BCUT2D eigenvalue weighted by molar-refractivity contribution is 5.78. The molecule has 8 heteroatoms. The molecule has 1 aromatic heterocycles. The zero-order chi connectivity index (χ0) is 18.8. The molecule has 0 aliphatic carbocycles. The van der Waals surface area contributed by atoms with Gasteiger partial charge in [0.15, 0.2) is 5.58 Å². The summed E-state index contributed by atoms with van der Waals surface area (Å²) in [7, 11) is 0. The molecule has 2 saturated heterocycles. The largest absolute Gasteiger partial charge is 0.423 e. The molecule has 2 aliphatic rings. The van der Waals surface area contributed by atoms with Crippen molar-refractivity contribution in [3.63, 3.8) is 0 Å². The monoisotopic (exact) mass is 371 g/mol. The Bertz CT molecular complexity index is 822. The number of hydrogen-bond acceptors (Lipinski definition) is 6. The summed E-state index contributed by atoms with van der Waals surface area (Å²) in [6.45, 7) is 1.98. The van der Waals surface area contributed by atoms with Crippen molar-refractivity contribution in [2.45, 2.75) is 25.1 Å². The number of likely N-dealkylation sites (tertiary alicyclic amines) is 1. The summed E-state index contributed by atoms with van der Waals surface area (Å²) in [5, 5.41) is 12.1. The number of carbonyl (C=O) groups excluding carboxylic acids is 1. The van der Waals surface area contributed by atoms with Crippen LogP contribution in [0.5, 0.6) is 0 Å². The van der Waals surface area contributed by atoms with Crippen LogP contribution in [0.3, 0.4) is 0 Å². The third-order valence-corrected chi connectivity index (χ3v) is 5.36. The van der Waals surface area contributed by atoms with E-state index in [1.807, 2.05) is 30.3 Å². The Labute approximate surface area is 156 Å². The number of para-hydroxylation sites is 2. The summed E-state index contributed by atoms with van der Waals surface area (Å²) in [6, 6.07) is 10.5. The van der Waals surface area contributed by atoms with Crippen LogP contribution >= 0.6 is 0 Å². The molecule has 3 heterocycles. The number of piperidine rings is 1. The summed E-state index contributed by atoms with van der Waals surface area (Å²) in [5.41, 5.74) is 1.64. The lowest BCUT2D eigenvalue weighted by Crippen LogP contribution is -2.46.